The van der Waals surface area contributed by atoms with Gasteiger partial charge in [0.05, 0.1) is 23.4 Å². The summed E-state index contributed by atoms with van der Waals surface area (Å²) in [7, 11) is 0. The van der Waals surface area contributed by atoms with E-state index in [-0.39, 0.29) is 24.3 Å². The Morgan fingerprint density at radius 2 is 1.92 bits per heavy atom. The largest absolute Gasteiger partial charge is 0.404 e. The molecule has 0 radical (unpaired) electrons. The first-order valence-corrected chi connectivity index (χ1v) is 12.2. The van der Waals surface area contributed by atoms with Crippen molar-refractivity contribution >= 4 is 40.9 Å². The maximum absolute atomic E-state index is 13.3. The smallest absolute Gasteiger partial charge is 0.248 e. The molecule has 1 fully saturated rings. The molecule has 0 aromatic heterocycles. The van der Waals surface area contributed by atoms with Gasteiger partial charge >= 0.3 is 0 Å². The molecule has 0 spiro atoms. The number of allylic oxidation sites excluding steroid dienone is 2. The van der Waals surface area contributed by atoms with Crippen molar-refractivity contribution in [2.45, 2.75) is 51.7 Å². The van der Waals surface area contributed by atoms with E-state index in [9.17, 15) is 14.7 Å². The van der Waals surface area contributed by atoms with Crippen molar-refractivity contribution in [3.63, 3.8) is 0 Å². The molecule has 11 heteroatoms. The molecule has 2 amide bonds. The topological polar surface area (TPSA) is 172 Å². The minimum Gasteiger partial charge on any atom is -0.404 e. The first-order valence-electron chi connectivity index (χ1n) is 11.8. The molecule has 36 heavy (non-hydrogen) atoms. The van der Waals surface area contributed by atoms with Crippen molar-refractivity contribution in [3.05, 3.63) is 52.8 Å². The SMILES string of the molecule is CC(C=N[C@H](C(=O)N1CCC[C@H]1C(=O)N[C@@H](CO)c1ccc(C(=C/N)/C(Cl)=C\N)cc1)C(C)C)=NN. The van der Waals surface area contributed by atoms with E-state index in [0.29, 0.717) is 41.3 Å². The average Bonchev–Trinajstić information content (AvgIpc) is 3.37. The fourth-order valence-corrected chi connectivity index (χ4v) is 4.19. The summed E-state index contributed by atoms with van der Waals surface area (Å²) >= 11 is 6.10. The Hall–Kier alpha value is -3.37. The third kappa shape index (κ3) is 7.08. The van der Waals surface area contributed by atoms with Crippen LogP contribution >= 0.6 is 11.6 Å². The van der Waals surface area contributed by atoms with E-state index >= 15 is 0 Å². The number of hydrazone groups is 1. The number of amides is 2. The first kappa shape index (κ1) is 28.9. The van der Waals surface area contributed by atoms with Gasteiger partial charge in [-0.05, 0) is 36.8 Å². The number of halogens is 1. The number of aliphatic hydroxyl groups excluding tert-OH is 1. The van der Waals surface area contributed by atoms with Crippen molar-refractivity contribution < 1.29 is 14.7 Å². The van der Waals surface area contributed by atoms with Crippen LogP contribution in [0.2, 0.25) is 0 Å². The Labute approximate surface area is 216 Å². The number of nitrogens with two attached hydrogens (primary N) is 3. The molecule has 3 atom stereocenters. The third-order valence-electron chi connectivity index (χ3n) is 6.04. The fourth-order valence-electron chi connectivity index (χ4n) is 4.02. The number of aliphatic hydroxyl groups is 1. The summed E-state index contributed by atoms with van der Waals surface area (Å²) in [5.74, 6) is 4.63. The minimum absolute atomic E-state index is 0.0811. The number of aliphatic imine (C=N–C) groups is 1. The average molecular weight is 518 g/mol. The van der Waals surface area contributed by atoms with Gasteiger partial charge in [0.25, 0.3) is 0 Å². The quantitative estimate of drug-likeness (QED) is 0.136. The van der Waals surface area contributed by atoms with E-state index in [4.69, 9.17) is 28.9 Å². The number of rotatable bonds is 10. The number of nitrogens with zero attached hydrogens (tertiary/aromatic N) is 3. The molecule has 0 aliphatic carbocycles. The van der Waals surface area contributed by atoms with Crippen LogP contribution in [0.5, 0.6) is 0 Å². The minimum atomic E-state index is -0.657. The van der Waals surface area contributed by atoms with Crippen LogP contribution in [0.3, 0.4) is 0 Å². The summed E-state index contributed by atoms with van der Waals surface area (Å²) in [6.45, 7) is 5.63. The lowest BCUT2D eigenvalue weighted by Crippen LogP contribution is -2.50. The highest BCUT2D eigenvalue weighted by molar-refractivity contribution is 6.36. The van der Waals surface area contributed by atoms with Gasteiger partial charge in [-0.2, -0.15) is 5.10 Å². The molecule has 1 saturated heterocycles. The maximum atomic E-state index is 13.3. The third-order valence-corrected chi connectivity index (χ3v) is 6.37. The molecule has 0 unspecified atom stereocenters. The van der Waals surface area contributed by atoms with Crippen LogP contribution in [-0.2, 0) is 9.59 Å². The number of likely N-dealkylation sites (tertiary alicyclic amines) is 1. The standard InChI is InChI=1S/C25H36ClN7O3/c1-15(2)23(30-13-16(3)32-29)25(36)33-10-4-5-22(33)24(35)31-21(14-34)18-8-6-17(7-9-18)19(11-27)20(26)12-28/h6-9,11-13,15,21-23,34H,4-5,10,14,27-29H2,1-3H3,(H,31,35)/b19-11-,20-12+,30-13?,32-16?/t21-,22-,23-/m0/s1. The second-order valence-corrected chi connectivity index (χ2v) is 9.30. The molecule has 196 valence electrons. The lowest BCUT2D eigenvalue weighted by atomic mass is 10.0. The van der Waals surface area contributed by atoms with Gasteiger partial charge in [0.2, 0.25) is 11.8 Å². The molecule has 1 aliphatic rings. The van der Waals surface area contributed by atoms with Crippen LogP contribution in [0.25, 0.3) is 5.57 Å². The Morgan fingerprint density at radius 3 is 2.44 bits per heavy atom. The second kappa shape index (κ2) is 13.6. The highest BCUT2D eigenvalue weighted by atomic mass is 35.5. The summed E-state index contributed by atoms with van der Waals surface area (Å²) < 4.78 is 0. The Morgan fingerprint density at radius 1 is 1.25 bits per heavy atom. The van der Waals surface area contributed by atoms with Crippen molar-refractivity contribution in [2.75, 3.05) is 13.2 Å². The van der Waals surface area contributed by atoms with Crippen LogP contribution in [-0.4, -0.2) is 59.0 Å². The van der Waals surface area contributed by atoms with E-state index in [1.807, 2.05) is 13.8 Å². The van der Waals surface area contributed by atoms with Gasteiger partial charge < -0.3 is 32.6 Å². The van der Waals surface area contributed by atoms with Crippen molar-refractivity contribution in [1.29, 1.82) is 0 Å². The van der Waals surface area contributed by atoms with Gasteiger partial charge in [-0.1, -0.05) is 49.7 Å². The molecule has 2 rings (SSSR count). The molecular weight excluding hydrogens is 482 g/mol. The second-order valence-electron chi connectivity index (χ2n) is 8.89. The number of carbonyl (C=O) groups excluding carboxylic acids is 2. The molecular formula is C25H36ClN7O3. The normalized spacial score (nSPS) is 19.1. The first-order chi connectivity index (χ1) is 17.2. The molecule has 0 saturated carbocycles. The Bertz CT molecular complexity index is 1030. The van der Waals surface area contributed by atoms with E-state index < -0.39 is 18.1 Å². The van der Waals surface area contributed by atoms with Crippen LogP contribution in [0.1, 0.15) is 50.8 Å². The lowest BCUT2D eigenvalue weighted by Gasteiger charge is -2.29. The van der Waals surface area contributed by atoms with E-state index in [1.54, 1.807) is 36.1 Å². The van der Waals surface area contributed by atoms with E-state index in [2.05, 4.69) is 15.4 Å². The molecule has 8 N–H and O–H groups in total. The molecule has 1 aromatic rings. The molecule has 10 nitrogen and oxygen atoms in total. The highest BCUT2D eigenvalue weighted by Gasteiger charge is 2.38. The summed E-state index contributed by atoms with van der Waals surface area (Å²) in [6, 6.07) is 5.13. The highest BCUT2D eigenvalue weighted by Crippen LogP contribution is 2.27. The van der Waals surface area contributed by atoms with Gasteiger partial charge in [-0.25, -0.2) is 0 Å². The van der Waals surface area contributed by atoms with E-state index in [1.165, 1.54) is 18.6 Å². The number of benzene rings is 1. The van der Waals surface area contributed by atoms with E-state index in [0.717, 1.165) is 5.56 Å². The molecule has 0 bridgehead atoms. The Balaban J connectivity index is 2.18. The Kier molecular flexibility index (Phi) is 10.9. The monoisotopic (exact) mass is 517 g/mol. The van der Waals surface area contributed by atoms with Gasteiger partial charge in [-0.15, -0.1) is 0 Å². The predicted octanol–water partition coefficient (Wildman–Crippen LogP) is 1.60. The molecule has 1 heterocycles. The summed E-state index contributed by atoms with van der Waals surface area (Å²) in [5.41, 5.74) is 13.6. The van der Waals surface area contributed by atoms with Crippen molar-refractivity contribution in [2.24, 2.45) is 33.3 Å². The molecule has 1 aliphatic heterocycles. The van der Waals surface area contributed by atoms with Gasteiger partial charge in [0.15, 0.2) is 0 Å². The van der Waals surface area contributed by atoms with Crippen LogP contribution in [0, 0.1) is 5.92 Å². The number of nitrogens with one attached hydrogen (secondary N) is 1. The summed E-state index contributed by atoms with van der Waals surface area (Å²) in [4.78, 5) is 32.5. The summed E-state index contributed by atoms with van der Waals surface area (Å²) in [5, 5.41) is 16.7. The number of carbonyl (C=O) groups is 2. The zero-order valence-electron chi connectivity index (χ0n) is 20.9. The zero-order valence-corrected chi connectivity index (χ0v) is 21.7. The number of hydrogen-bond donors (Lipinski definition) is 5. The van der Waals surface area contributed by atoms with Crippen molar-refractivity contribution in [3.8, 4) is 0 Å². The van der Waals surface area contributed by atoms with Crippen molar-refractivity contribution in [1.82, 2.24) is 10.2 Å². The summed E-state index contributed by atoms with van der Waals surface area (Å²) in [6.07, 6.45) is 5.31. The molecule has 1 aromatic carbocycles. The van der Waals surface area contributed by atoms with Gasteiger partial charge in [0.1, 0.15) is 12.1 Å². The zero-order chi connectivity index (χ0) is 26.8. The van der Waals surface area contributed by atoms with Crippen LogP contribution in [0.4, 0.5) is 0 Å². The van der Waals surface area contributed by atoms with Gasteiger partial charge in [0, 0.05) is 30.7 Å². The lowest BCUT2D eigenvalue weighted by molar-refractivity contribution is -0.140. The number of hydrogen-bond acceptors (Lipinski definition) is 8. The predicted molar refractivity (Wildman–Crippen MR) is 144 cm³/mol. The van der Waals surface area contributed by atoms with Gasteiger partial charge in [-0.3, -0.25) is 14.6 Å². The van der Waals surface area contributed by atoms with Crippen LogP contribution in [0.15, 0.2) is 51.8 Å². The maximum Gasteiger partial charge on any atom is 0.248 e. The fraction of sp³-hybridized carbons (Fsp3) is 0.440. The van der Waals surface area contributed by atoms with Crippen LogP contribution < -0.4 is 22.6 Å².